The van der Waals surface area contributed by atoms with Gasteiger partial charge in [-0.25, -0.2) is 4.39 Å². The highest BCUT2D eigenvalue weighted by Crippen LogP contribution is 2.08. The Morgan fingerprint density at radius 3 is 2.50 bits per heavy atom. The molecule has 22 heavy (non-hydrogen) atoms. The first-order chi connectivity index (χ1) is 10.4. The quantitative estimate of drug-likeness (QED) is 0.436. The fourth-order valence-corrected chi connectivity index (χ4v) is 1.98. The number of rotatable bonds is 9. The van der Waals surface area contributed by atoms with Gasteiger partial charge in [0.2, 0.25) is 5.91 Å². The summed E-state index contributed by atoms with van der Waals surface area (Å²) < 4.78 is 12.8. The number of anilines is 1. The summed E-state index contributed by atoms with van der Waals surface area (Å²) in [6.07, 6.45) is 0.667. The number of quaternary nitrogens is 2. The second-order valence-electron chi connectivity index (χ2n) is 5.52. The number of aliphatic carboxylic acids is 1. The van der Waals surface area contributed by atoms with Crippen molar-refractivity contribution in [1.82, 2.24) is 0 Å². The SMILES string of the molecule is C[NH+](C)CCC[NH2+][C@H](CC(=O)Nc1ccc(F)cc1)C(=O)[O-]. The van der Waals surface area contributed by atoms with Gasteiger partial charge in [0.25, 0.3) is 0 Å². The van der Waals surface area contributed by atoms with Gasteiger partial charge in [-0.3, -0.25) is 4.79 Å². The number of carboxylic acids is 1. The Hall–Kier alpha value is -1.99. The Morgan fingerprint density at radius 2 is 1.95 bits per heavy atom. The zero-order valence-corrected chi connectivity index (χ0v) is 12.9. The minimum absolute atomic E-state index is 0.186. The van der Waals surface area contributed by atoms with Crippen LogP contribution in [0.4, 0.5) is 10.1 Å². The number of halogens is 1. The van der Waals surface area contributed by atoms with E-state index in [1.807, 2.05) is 14.1 Å². The van der Waals surface area contributed by atoms with Crippen LogP contribution in [0.25, 0.3) is 0 Å². The molecule has 0 bridgehead atoms. The third-order valence-corrected chi connectivity index (χ3v) is 3.17. The molecule has 1 rings (SSSR count). The summed E-state index contributed by atoms with van der Waals surface area (Å²) >= 11 is 0. The minimum atomic E-state index is -1.26. The Morgan fingerprint density at radius 1 is 1.32 bits per heavy atom. The molecular weight excluding hydrogens is 289 g/mol. The number of nitrogens with two attached hydrogens (primary N) is 1. The molecule has 0 fully saturated rings. The van der Waals surface area contributed by atoms with E-state index < -0.39 is 23.7 Å². The highest BCUT2D eigenvalue weighted by molar-refractivity contribution is 5.93. The first kappa shape index (κ1) is 18.1. The summed E-state index contributed by atoms with van der Waals surface area (Å²) in [7, 11) is 4.04. The van der Waals surface area contributed by atoms with Crippen molar-refractivity contribution in [1.29, 1.82) is 0 Å². The molecule has 0 aliphatic rings. The standard InChI is InChI=1S/C15H22FN3O3/c1-19(2)9-3-8-17-13(15(21)22)10-14(20)18-12-6-4-11(16)5-7-12/h4-7,13,17H,3,8-10H2,1-2H3,(H,18,20)(H,21,22)/p+1/t13-/m1/s1. The predicted octanol–water partition coefficient (Wildman–Crippen LogP) is -2.63. The molecule has 0 aliphatic carbocycles. The summed E-state index contributed by atoms with van der Waals surface area (Å²) in [5.41, 5.74) is 0.430. The van der Waals surface area contributed by atoms with Gasteiger partial charge in [0.15, 0.2) is 0 Å². The fraction of sp³-hybridized carbons (Fsp3) is 0.467. The Bertz CT molecular complexity index is 491. The average molecular weight is 312 g/mol. The smallest absolute Gasteiger partial charge is 0.230 e. The van der Waals surface area contributed by atoms with E-state index in [9.17, 15) is 19.1 Å². The number of hydrogen-bond donors (Lipinski definition) is 3. The van der Waals surface area contributed by atoms with E-state index in [2.05, 4.69) is 5.32 Å². The molecule has 1 aromatic carbocycles. The number of carbonyl (C=O) groups excluding carboxylic acids is 2. The van der Waals surface area contributed by atoms with Gasteiger partial charge in [-0.15, -0.1) is 0 Å². The van der Waals surface area contributed by atoms with Crippen LogP contribution in [0.3, 0.4) is 0 Å². The first-order valence-corrected chi connectivity index (χ1v) is 7.27. The third kappa shape index (κ3) is 7.14. The van der Waals surface area contributed by atoms with Gasteiger partial charge in [0.05, 0.1) is 39.6 Å². The molecule has 7 heteroatoms. The highest BCUT2D eigenvalue weighted by Gasteiger charge is 2.18. The van der Waals surface area contributed by atoms with Crippen molar-refractivity contribution in [3.63, 3.8) is 0 Å². The van der Waals surface area contributed by atoms with Crippen LogP contribution in [0.2, 0.25) is 0 Å². The van der Waals surface area contributed by atoms with Crippen LogP contribution in [0.1, 0.15) is 12.8 Å². The molecule has 1 atom stereocenters. The number of amides is 1. The van der Waals surface area contributed by atoms with Crippen LogP contribution in [0.5, 0.6) is 0 Å². The summed E-state index contributed by atoms with van der Waals surface area (Å²) in [5.74, 6) is -2.09. The summed E-state index contributed by atoms with van der Waals surface area (Å²) in [6, 6.07) is 4.37. The summed E-state index contributed by atoms with van der Waals surface area (Å²) in [4.78, 5) is 24.2. The first-order valence-electron chi connectivity index (χ1n) is 7.27. The van der Waals surface area contributed by atoms with Gasteiger partial charge < -0.3 is 25.4 Å². The lowest BCUT2D eigenvalue weighted by Gasteiger charge is -2.16. The van der Waals surface area contributed by atoms with Crippen LogP contribution in [0.15, 0.2) is 24.3 Å². The molecule has 1 amide bonds. The number of carbonyl (C=O) groups is 2. The van der Waals surface area contributed by atoms with Crippen molar-refractivity contribution in [2.75, 3.05) is 32.5 Å². The monoisotopic (exact) mass is 312 g/mol. The van der Waals surface area contributed by atoms with E-state index >= 15 is 0 Å². The minimum Gasteiger partial charge on any atom is -0.544 e. The number of hydrogen-bond acceptors (Lipinski definition) is 3. The van der Waals surface area contributed by atoms with Crippen molar-refractivity contribution in [3.05, 3.63) is 30.1 Å². The van der Waals surface area contributed by atoms with Crippen LogP contribution in [-0.4, -0.2) is 45.1 Å². The molecule has 0 saturated heterocycles. The molecular formula is C15H23FN3O3+. The predicted molar refractivity (Wildman–Crippen MR) is 77.5 cm³/mol. The van der Waals surface area contributed by atoms with Crippen molar-refractivity contribution in [3.8, 4) is 0 Å². The molecule has 4 N–H and O–H groups in total. The highest BCUT2D eigenvalue weighted by atomic mass is 19.1. The van der Waals surface area contributed by atoms with Gasteiger partial charge in [0, 0.05) is 12.1 Å². The van der Waals surface area contributed by atoms with Crippen LogP contribution in [0, 0.1) is 5.82 Å². The maximum Gasteiger partial charge on any atom is 0.230 e. The molecule has 0 spiro atoms. The molecule has 0 saturated carbocycles. The Balaban J connectivity index is 2.43. The van der Waals surface area contributed by atoms with Crippen LogP contribution < -0.4 is 20.6 Å². The zero-order chi connectivity index (χ0) is 16.5. The van der Waals surface area contributed by atoms with Gasteiger partial charge in [-0.2, -0.15) is 0 Å². The number of nitrogens with one attached hydrogen (secondary N) is 2. The van der Waals surface area contributed by atoms with E-state index in [4.69, 9.17) is 0 Å². The number of benzene rings is 1. The molecule has 122 valence electrons. The van der Waals surface area contributed by atoms with E-state index in [0.717, 1.165) is 13.0 Å². The molecule has 1 aromatic rings. The Labute approximate surface area is 129 Å². The normalized spacial score (nSPS) is 12.2. The van der Waals surface area contributed by atoms with Gasteiger partial charge in [-0.05, 0) is 24.3 Å². The van der Waals surface area contributed by atoms with E-state index in [1.165, 1.54) is 29.2 Å². The fourth-order valence-electron chi connectivity index (χ4n) is 1.98. The maximum absolute atomic E-state index is 12.8. The molecule has 0 radical (unpaired) electrons. The van der Waals surface area contributed by atoms with Crippen molar-refractivity contribution < 1.29 is 29.3 Å². The summed E-state index contributed by atoms with van der Waals surface area (Å²) in [5, 5.41) is 15.2. The maximum atomic E-state index is 12.8. The van der Waals surface area contributed by atoms with Crippen molar-refractivity contribution in [2.24, 2.45) is 0 Å². The molecule has 0 aliphatic heterocycles. The van der Waals surface area contributed by atoms with E-state index in [-0.39, 0.29) is 6.42 Å². The second-order valence-corrected chi connectivity index (χ2v) is 5.52. The van der Waals surface area contributed by atoms with E-state index in [1.54, 1.807) is 5.32 Å². The van der Waals surface area contributed by atoms with Crippen LogP contribution in [-0.2, 0) is 9.59 Å². The van der Waals surface area contributed by atoms with Gasteiger partial charge in [0.1, 0.15) is 11.9 Å². The second kappa shape index (κ2) is 9.11. The topological polar surface area (TPSA) is 90.3 Å². The van der Waals surface area contributed by atoms with Crippen LogP contribution >= 0.6 is 0 Å². The summed E-state index contributed by atoms with van der Waals surface area (Å²) in [6.45, 7) is 1.55. The van der Waals surface area contributed by atoms with Gasteiger partial charge >= 0.3 is 0 Å². The lowest BCUT2D eigenvalue weighted by Crippen LogP contribution is -3.06. The molecule has 6 nitrogen and oxygen atoms in total. The lowest BCUT2D eigenvalue weighted by atomic mass is 10.2. The zero-order valence-electron chi connectivity index (χ0n) is 12.9. The molecule has 0 unspecified atom stereocenters. The average Bonchev–Trinajstić information content (AvgIpc) is 2.44. The molecule has 0 aromatic heterocycles. The molecule has 0 heterocycles. The van der Waals surface area contributed by atoms with Crippen molar-refractivity contribution >= 4 is 17.6 Å². The number of carboxylic acid groups (broad SMARTS) is 1. The largest absolute Gasteiger partial charge is 0.544 e. The van der Waals surface area contributed by atoms with Crippen molar-refractivity contribution in [2.45, 2.75) is 18.9 Å². The Kier molecular flexibility index (Phi) is 7.48. The third-order valence-electron chi connectivity index (χ3n) is 3.17. The lowest BCUT2D eigenvalue weighted by molar-refractivity contribution is -0.860. The van der Waals surface area contributed by atoms with Gasteiger partial charge in [-0.1, -0.05) is 0 Å². The van der Waals surface area contributed by atoms with E-state index in [0.29, 0.717) is 12.2 Å².